The van der Waals surface area contributed by atoms with Crippen LogP contribution in [-0.2, 0) is 14.3 Å². The molecule has 41 heavy (non-hydrogen) atoms. The van der Waals surface area contributed by atoms with Crippen molar-refractivity contribution in [3.05, 3.63) is 78.6 Å². The molecule has 1 aromatic heterocycles. The standard InChI is InChI=1S/C31H34N2O8/c1-20-28(41-23-14-8-5-9-15-23)26(40-22-12-6-4-7-13-22)17-11-10-16-24(31(36)38-20)33-30(35)27-29(39-21(2)34)25(37-3)18-19-32-27/h4-9,12-15,18-20,24,26,28H,10-11,16-17H2,1-3H3,(H,33,35)/t20-,24-,26-,28-/m0/s1. The normalized spacial score (nSPS) is 21.1. The molecule has 1 aliphatic heterocycles. The second kappa shape index (κ2) is 14.2. The van der Waals surface area contributed by atoms with Gasteiger partial charge >= 0.3 is 11.9 Å². The smallest absolute Gasteiger partial charge is 0.329 e. The van der Waals surface area contributed by atoms with E-state index in [1.807, 2.05) is 60.7 Å². The van der Waals surface area contributed by atoms with Gasteiger partial charge in [-0.2, -0.15) is 0 Å². The van der Waals surface area contributed by atoms with Gasteiger partial charge in [-0.3, -0.25) is 9.59 Å². The highest BCUT2D eigenvalue weighted by Gasteiger charge is 2.36. The van der Waals surface area contributed by atoms with E-state index in [0.29, 0.717) is 37.2 Å². The van der Waals surface area contributed by atoms with Crippen LogP contribution in [0.3, 0.4) is 0 Å². The van der Waals surface area contributed by atoms with Crippen molar-refractivity contribution in [3.63, 3.8) is 0 Å². The third kappa shape index (κ3) is 7.97. The van der Waals surface area contributed by atoms with Gasteiger partial charge in [0, 0.05) is 19.2 Å². The van der Waals surface area contributed by atoms with Crippen LogP contribution in [0.25, 0.3) is 0 Å². The zero-order valence-electron chi connectivity index (χ0n) is 23.3. The monoisotopic (exact) mass is 562 g/mol. The van der Waals surface area contributed by atoms with E-state index in [9.17, 15) is 14.4 Å². The minimum absolute atomic E-state index is 0.126. The van der Waals surface area contributed by atoms with Crippen molar-refractivity contribution in [1.29, 1.82) is 0 Å². The van der Waals surface area contributed by atoms with Crippen LogP contribution in [-0.4, -0.2) is 54.3 Å². The molecule has 10 heteroatoms. The molecular formula is C31H34N2O8. The van der Waals surface area contributed by atoms with Crippen LogP contribution >= 0.6 is 0 Å². The molecule has 1 aliphatic rings. The summed E-state index contributed by atoms with van der Waals surface area (Å²) in [7, 11) is 1.38. The first-order valence-electron chi connectivity index (χ1n) is 13.5. The third-order valence-electron chi connectivity index (χ3n) is 6.55. The summed E-state index contributed by atoms with van der Waals surface area (Å²) < 4.78 is 29.0. The Morgan fingerprint density at radius 2 is 1.56 bits per heavy atom. The third-order valence-corrected chi connectivity index (χ3v) is 6.55. The Morgan fingerprint density at radius 3 is 2.20 bits per heavy atom. The first-order valence-corrected chi connectivity index (χ1v) is 13.5. The molecule has 216 valence electrons. The first kappa shape index (κ1) is 29.4. The number of rotatable bonds is 8. The molecule has 0 unspecified atom stereocenters. The lowest BCUT2D eigenvalue weighted by molar-refractivity contribution is -0.159. The first-order chi connectivity index (χ1) is 19.9. The van der Waals surface area contributed by atoms with Crippen molar-refractivity contribution in [3.8, 4) is 23.0 Å². The number of aromatic nitrogens is 1. The molecule has 0 radical (unpaired) electrons. The minimum Gasteiger partial charge on any atom is -0.493 e. The van der Waals surface area contributed by atoms with Crippen molar-refractivity contribution < 1.29 is 38.1 Å². The molecule has 10 nitrogen and oxygen atoms in total. The number of nitrogens with zero attached hydrogens (tertiary/aromatic N) is 1. The van der Waals surface area contributed by atoms with Gasteiger partial charge in [-0.25, -0.2) is 9.78 Å². The number of hydrogen-bond acceptors (Lipinski definition) is 9. The van der Waals surface area contributed by atoms with Gasteiger partial charge in [0.1, 0.15) is 29.7 Å². The second-order valence-electron chi connectivity index (χ2n) is 9.60. The van der Waals surface area contributed by atoms with Gasteiger partial charge in [0.2, 0.25) is 5.75 Å². The quantitative estimate of drug-likeness (QED) is 0.395. The van der Waals surface area contributed by atoms with E-state index >= 15 is 0 Å². The maximum atomic E-state index is 13.4. The van der Waals surface area contributed by atoms with Crippen molar-refractivity contribution in [2.24, 2.45) is 0 Å². The number of para-hydroxylation sites is 2. The predicted octanol–water partition coefficient (Wildman–Crippen LogP) is 4.51. The zero-order chi connectivity index (χ0) is 29.2. The van der Waals surface area contributed by atoms with Gasteiger partial charge in [0.15, 0.2) is 17.5 Å². The number of carbonyl (C=O) groups is 3. The molecule has 1 saturated heterocycles. The predicted molar refractivity (Wildman–Crippen MR) is 149 cm³/mol. The number of benzene rings is 2. The Balaban J connectivity index is 1.55. The molecule has 0 bridgehead atoms. The van der Waals surface area contributed by atoms with Gasteiger partial charge in [-0.05, 0) is 50.5 Å². The number of ether oxygens (including phenoxy) is 5. The van der Waals surface area contributed by atoms with Gasteiger partial charge in [-0.1, -0.05) is 42.8 Å². The number of cyclic esters (lactones) is 1. The summed E-state index contributed by atoms with van der Waals surface area (Å²) in [5.74, 6) is -0.625. The molecule has 0 aliphatic carbocycles. The van der Waals surface area contributed by atoms with Crippen molar-refractivity contribution in [1.82, 2.24) is 10.3 Å². The lowest BCUT2D eigenvalue weighted by Gasteiger charge is -2.34. The average Bonchev–Trinajstić information content (AvgIpc) is 2.97. The summed E-state index contributed by atoms with van der Waals surface area (Å²) in [5.41, 5.74) is -0.181. The largest absolute Gasteiger partial charge is 0.493 e. The number of esters is 2. The summed E-state index contributed by atoms with van der Waals surface area (Å²) >= 11 is 0. The highest BCUT2D eigenvalue weighted by Crippen LogP contribution is 2.30. The number of hydrogen-bond donors (Lipinski definition) is 1. The van der Waals surface area contributed by atoms with E-state index in [1.54, 1.807) is 6.92 Å². The van der Waals surface area contributed by atoms with Gasteiger partial charge in [-0.15, -0.1) is 0 Å². The highest BCUT2D eigenvalue weighted by molar-refractivity contribution is 5.98. The van der Waals surface area contributed by atoms with Crippen molar-refractivity contribution in [2.75, 3.05) is 7.11 Å². The summed E-state index contributed by atoms with van der Waals surface area (Å²) in [5, 5.41) is 2.71. The van der Waals surface area contributed by atoms with Crippen molar-refractivity contribution >= 4 is 17.8 Å². The fourth-order valence-corrected chi connectivity index (χ4v) is 4.59. The number of methoxy groups -OCH3 is 1. The summed E-state index contributed by atoms with van der Waals surface area (Å²) in [6.07, 6.45) is 1.85. The summed E-state index contributed by atoms with van der Waals surface area (Å²) in [6, 6.07) is 19.2. The van der Waals surface area contributed by atoms with Crippen LogP contribution in [0.5, 0.6) is 23.0 Å². The molecule has 2 heterocycles. The maximum absolute atomic E-state index is 13.4. The van der Waals surface area contributed by atoms with E-state index in [2.05, 4.69) is 10.3 Å². The van der Waals surface area contributed by atoms with E-state index in [-0.39, 0.29) is 17.2 Å². The number of amides is 1. The van der Waals surface area contributed by atoms with Crippen LogP contribution in [0, 0.1) is 0 Å². The Kier molecular flexibility index (Phi) is 10.1. The van der Waals surface area contributed by atoms with Crippen LogP contribution in [0.2, 0.25) is 0 Å². The Morgan fingerprint density at radius 1 is 0.927 bits per heavy atom. The number of carbonyl (C=O) groups excluding carboxylic acids is 3. The van der Waals surface area contributed by atoms with Crippen LogP contribution < -0.4 is 24.3 Å². The van der Waals surface area contributed by atoms with Crippen LogP contribution in [0.1, 0.15) is 50.0 Å². The van der Waals surface area contributed by atoms with E-state index in [1.165, 1.54) is 26.3 Å². The van der Waals surface area contributed by atoms with Crippen molar-refractivity contribution in [2.45, 2.75) is 63.9 Å². The molecular weight excluding hydrogens is 528 g/mol. The molecule has 3 aromatic rings. The molecule has 0 saturated carbocycles. The van der Waals surface area contributed by atoms with Gasteiger partial charge in [0.05, 0.1) is 7.11 Å². The van der Waals surface area contributed by atoms with E-state index in [0.717, 1.165) is 0 Å². The van der Waals surface area contributed by atoms with E-state index in [4.69, 9.17) is 23.7 Å². The SMILES string of the molecule is COc1ccnc(C(=O)N[C@H]2CCCC[C@H](Oc3ccccc3)[C@@H](Oc3ccccc3)[C@H](C)OC2=O)c1OC(C)=O. The highest BCUT2D eigenvalue weighted by atomic mass is 16.6. The fraction of sp³-hybridized carbons (Fsp3) is 0.355. The Labute approximate surface area is 238 Å². The molecule has 4 atom stereocenters. The molecule has 2 aromatic carbocycles. The lowest BCUT2D eigenvalue weighted by atomic mass is 9.98. The van der Waals surface area contributed by atoms with Crippen LogP contribution in [0.4, 0.5) is 0 Å². The number of pyridine rings is 1. The fourth-order valence-electron chi connectivity index (χ4n) is 4.59. The van der Waals surface area contributed by atoms with Gasteiger partial charge in [0.25, 0.3) is 5.91 Å². The van der Waals surface area contributed by atoms with Crippen LogP contribution in [0.15, 0.2) is 72.9 Å². The molecule has 1 N–H and O–H groups in total. The maximum Gasteiger partial charge on any atom is 0.329 e. The Bertz CT molecular complexity index is 1320. The Hall–Kier alpha value is -4.60. The lowest BCUT2D eigenvalue weighted by Crippen LogP contribution is -2.50. The molecule has 1 amide bonds. The van der Waals surface area contributed by atoms with E-state index < -0.39 is 42.2 Å². The minimum atomic E-state index is -0.966. The molecule has 4 rings (SSSR count). The van der Waals surface area contributed by atoms with Gasteiger partial charge < -0.3 is 29.0 Å². The molecule has 0 spiro atoms. The zero-order valence-corrected chi connectivity index (χ0v) is 23.3. The second-order valence-corrected chi connectivity index (χ2v) is 9.60. The number of nitrogens with one attached hydrogen (secondary N) is 1. The summed E-state index contributed by atoms with van der Waals surface area (Å²) in [6.45, 7) is 2.95. The average molecular weight is 563 g/mol. The molecule has 1 fully saturated rings. The summed E-state index contributed by atoms with van der Waals surface area (Å²) in [4.78, 5) is 42.4. The topological polar surface area (TPSA) is 122 Å².